The van der Waals surface area contributed by atoms with Gasteiger partial charge in [0.1, 0.15) is 5.82 Å². The van der Waals surface area contributed by atoms with Crippen LogP contribution < -0.4 is 0 Å². The highest BCUT2D eigenvalue weighted by atomic mass is 35.5. The van der Waals surface area contributed by atoms with Crippen molar-refractivity contribution in [1.29, 1.82) is 0 Å². The number of carboxylic acid groups (broad SMARTS) is 1. The van der Waals surface area contributed by atoms with Gasteiger partial charge in [-0.15, -0.1) is 11.3 Å². The Morgan fingerprint density at radius 3 is 2.56 bits per heavy atom. The van der Waals surface area contributed by atoms with E-state index in [-0.39, 0.29) is 0 Å². The summed E-state index contributed by atoms with van der Waals surface area (Å²) in [4.78, 5) is 18.2. The third-order valence-electron chi connectivity index (χ3n) is 5.62. The van der Waals surface area contributed by atoms with E-state index in [0.717, 1.165) is 59.6 Å². The third-order valence-corrected chi connectivity index (χ3v) is 6.87. The van der Waals surface area contributed by atoms with E-state index in [9.17, 15) is 9.90 Å². The highest BCUT2D eigenvalue weighted by molar-refractivity contribution is 7.09. The summed E-state index contributed by atoms with van der Waals surface area (Å²) >= 11 is 8.08. The molecule has 0 atom stereocenters. The summed E-state index contributed by atoms with van der Waals surface area (Å²) < 4.78 is 2.18. The van der Waals surface area contributed by atoms with E-state index >= 15 is 0 Å². The highest BCUT2D eigenvalue weighted by Crippen LogP contribution is 2.30. The molecule has 6 heteroatoms. The molecule has 1 aromatic carbocycles. The number of allylic oxidation sites excluding steroid dienone is 1. The third kappa shape index (κ3) is 6.11. The molecule has 0 fully saturated rings. The molecule has 2 heterocycles. The largest absolute Gasteiger partial charge is 0.478 e. The number of halogens is 1. The zero-order valence-electron chi connectivity index (χ0n) is 18.8. The van der Waals surface area contributed by atoms with Crippen molar-refractivity contribution < 1.29 is 9.90 Å². The minimum absolute atomic E-state index is 0.424. The van der Waals surface area contributed by atoms with Crippen LogP contribution in [0.1, 0.15) is 67.9 Å². The molecule has 0 amide bonds. The molecule has 3 rings (SSSR count). The SMILES string of the molecule is CCCC/C(=C(\Cc1cccs1)C(=O)O)c1cnc(CCCC)n1Cc1ccccc1Cl. The Balaban J connectivity index is 2.13. The molecule has 0 aliphatic rings. The number of nitrogens with zero attached hydrogens (tertiary/aromatic N) is 2. The molecule has 0 saturated carbocycles. The fourth-order valence-corrected chi connectivity index (χ4v) is 4.76. The lowest BCUT2D eigenvalue weighted by atomic mass is 9.96. The lowest BCUT2D eigenvalue weighted by Crippen LogP contribution is -2.13. The second kappa shape index (κ2) is 12.0. The Hall–Kier alpha value is -2.37. The minimum Gasteiger partial charge on any atom is -0.478 e. The van der Waals surface area contributed by atoms with Gasteiger partial charge in [0.25, 0.3) is 0 Å². The van der Waals surface area contributed by atoms with Gasteiger partial charge in [-0.1, -0.05) is 62.6 Å². The number of imidazole rings is 1. The van der Waals surface area contributed by atoms with Crippen molar-refractivity contribution in [2.75, 3.05) is 0 Å². The van der Waals surface area contributed by atoms with Gasteiger partial charge in [-0.05, 0) is 47.9 Å². The molecule has 2 aromatic heterocycles. The van der Waals surface area contributed by atoms with Gasteiger partial charge in [0, 0.05) is 28.3 Å². The van der Waals surface area contributed by atoms with Crippen molar-refractivity contribution >= 4 is 34.5 Å². The zero-order valence-corrected chi connectivity index (χ0v) is 20.4. The zero-order chi connectivity index (χ0) is 22.9. The average Bonchev–Trinajstić information content (AvgIpc) is 3.43. The number of carbonyl (C=O) groups is 1. The van der Waals surface area contributed by atoms with E-state index in [2.05, 4.69) is 18.4 Å². The first kappa shape index (κ1) is 24.3. The van der Waals surface area contributed by atoms with Crippen molar-refractivity contribution in [1.82, 2.24) is 9.55 Å². The van der Waals surface area contributed by atoms with E-state index in [4.69, 9.17) is 16.6 Å². The Labute approximate surface area is 199 Å². The Morgan fingerprint density at radius 1 is 1.12 bits per heavy atom. The Kier molecular flexibility index (Phi) is 9.12. The number of aryl methyl sites for hydroxylation is 1. The first-order valence-corrected chi connectivity index (χ1v) is 12.6. The predicted octanol–water partition coefficient (Wildman–Crippen LogP) is 7.26. The number of aliphatic carboxylic acids is 1. The number of benzene rings is 1. The number of thiophene rings is 1. The number of hydrogen-bond donors (Lipinski definition) is 1. The number of unbranched alkanes of at least 4 members (excludes halogenated alkanes) is 2. The summed E-state index contributed by atoms with van der Waals surface area (Å²) in [6.07, 6.45) is 7.90. The van der Waals surface area contributed by atoms with E-state index in [1.807, 2.05) is 48.0 Å². The van der Waals surface area contributed by atoms with Gasteiger partial charge in [0.15, 0.2) is 0 Å². The molecule has 32 heavy (non-hydrogen) atoms. The first-order chi connectivity index (χ1) is 15.5. The fourth-order valence-electron chi connectivity index (χ4n) is 3.85. The van der Waals surface area contributed by atoms with Crippen LogP contribution in [-0.4, -0.2) is 20.6 Å². The number of carboxylic acids is 1. The van der Waals surface area contributed by atoms with E-state index in [1.54, 1.807) is 11.3 Å². The second-order valence-electron chi connectivity index (χ2n) is 7.96. The van der Waals surface area contributed by atoms with Gasteiger partial charge >= 0.3 is 5.97 Å². The summed E-state index contributed by atoms with van der Waals surface area (Å²) in [6.45, 7) is 4.87. The molecule has 0 bridgehead atoms. The summed E-state index contributed by atoms with van der Waals surface area (Å²) in [5.41, 5.74) is 3.26. The molecular formula is C26H31ClN2O2S. The van der Waals surface area contributed by atoms with Gasteiger partial charge in [-0.3, -0.25) is 0 Å². The van der Waals surface area contributed by atoms with Crippen LogP contribution in [0.15, 0.2) is 53.5 Å². The van der Waals surface area contributed by atoms with Crippen LogP contribution in [0.3, 0.4) is 0 Å². The smallest absolute Gasteiger partial charge is 0.332 e. The van der Waals surface area contributed by atoms with Crippen molar-refractivity contribution in [2.45, 2.75) is 65.3 Å². The molecule has 3 aromatic rings. The van der Waals surface area contributed by atoms with E-state index < -0.39 is 5.97 Å². The molecule has 1 N–H and O–H groups in total. The normalized spacial score (nSPS) is 12.1. The topological polar surface area (TPSA) is 55.1 Å². The Bertz CT molecular complexity index is 1050. The van der Waals surface area contributed by atoms with Crippen molar-refractivity contribution in [2.24, 2.45) is 0 Å². The summed E-state index contributed by atoms with van der Waals surface area (Å²) in [5, 5.41) is 12.9. The van der Waals surface area contributed by atoms with E-state index in [0.29, 0.717) is 30.0 Å². The van der Waals surface area contributed by atoms with Crippen molar-refractivity contribution in [3.63, 3.8) is 0 Å². The van der Waals surface area contributed by atoms with Gasteiger partial charge in [-0.2, -0.15) is 0 Å². The summed E-state index contributed by atoms with van der Waals surface area (Å²) in [6, 6.07) is 11.8. The minimum atomic E-state index is -0.856. The van der Waals surface area contributed by atoms with E-state index in [1.165, 1.54) is 0 Å². The summed E-state index contributed by atoms with van der Waals surface area (Å²) in [5.74, 6) is 0.127. The van der Waals surface area contributed by atoms with Crippen LogP contribution >= 0.6 is 22.9 Å². The van der Waals surface area contributed by atoms with Crippen molar-refractivity contribution in [3.05, 3.63) is 80.5 Å². The Morgan fingerprint density at radius 2 is 1.91 bits per heavy atom. The maximum atomic E-state index is 12.4. The van der Waals surface area contributed by atoms with Gasteiger partial charge in [0.2, 0.25) is 0 Å². The van der Waals surface area contributed by atoms with Gasteiger partial charge < -0.3 is 9.67 Å². The van der Waals surface area contributed by atoms with Gasteiger partial charge in [0.05, 0.1) is 18.4 Å². The van der Waals surface area contributed by atoms with Crippen LogP contribution in [0.4, 0.5) is 0 Å². The predicted molar refractivity (Wildman–Crippen MR) is 133 cm³/mol. The fraction of sp³-hybridized carbons (Fsp3) is 0.385. The summed E-state index contributed by atoms with van der Waals surface area (Å²) in [7, 11) is 0. The van der Waals surface area contributed by atoms with Crippen LogP contribution in [0.25, 0.3) is 5.57 Å². The maximum absolute atomic E-state index is 12.4. The van der Waals surface area contributed by atoms with Crippen molar-refractivity contribution in [3.8, 4) is 0 Å². The highest BCUT2D eigenvalue weighted by Gasteiger charge is 2.22. The first-order valence-electron chi connectivity index (χ1n) is 11.3. The lowest BCUT2D eigenvalue weighted by molar-refractivity contribution is -0.132. The molecule has 0 spiro atoms. The molecule has 0 radical (unpaired) electrons. The molecule has 0 aliphatic carbocycles. The molecule has 0 unspecified atom stereocenters. The number of aromatic nitrogens is 2. The number of rotatable bonds is 12. The average molecular weight is 471 g/mol. The molecule has 0 aliphatic heterocycles. The standard InChI is InChI=1S/C26H31ClN2O2S/c1-3-5-12-21(22(26(30)31)16-20-11-9-15-32-20)24-17-28-25(14-6-4-2)29(24)18-19-10-7-8-13-23(19)27/h7-11,13,15,17H,3-6,12,14,16,18H2,1-2H3,(H,30,31)/b22-21-. The maximum Gasteiger partial charge on any atom is 0.332 e. The van der Waals surface area contributed by atoms with Crippen LogP contribution in [-0.2, 0) is 24.2 Å². The second-order valence-corrected chi connectivity index (χ2v) is 9.40. The quantitative estimate of drug-likeness (QED) is 0.283. The molecule has 0 saturated heterocycles. The van der Waals surface area contributed by atoms with Gasteiger partial charge in [-0.25, -0.2) is 9.78 Å². The number of hydrogen-bond acceptors (Lipinski definition) is 3. The monoisotopic (exact) mass is 470 g/mol. The van der Waals surface area contributed by atoms with Crippen LogP contribution in [0.2, 0.25) is 5.02 Å². The van der Waals surface area contributed by atoms with Crippen LogP contribution in [0.5, 0.6) is 0 Å². The molecular weight excluding hydrogens is 440 g/mol. The lowest BCUT2D eigenvalue weighted by Gasteiger charge is -2.18. The van der Waals surface area contributed by atoms with Crippen LogP contribution in [0, 0.1) is 0 Å². The molecule has 4 nitrogen and oxygen atoms in total. The molecule has 170 valence electrons.